The fourth-order valence-electron chi connectivity index (χ4n) is 2.80. The lowest BCUT2D eigenvalue weighted by Crippen LogP contribution is -2.43. The van der Waals surface area contributed by atoms with E-state index in [4.69, 9.17) is 4.74 Å². The highest BCUT2D eigenvalue weighted by Crippen LogP contribution is 2.21. The van der Waals surface area contributed by atoms with E-state index in [0.717, 1.165) is 31.7 Å². The van der Waals surface area contributed by atoms with Crippen molar-refractivity contribution in [1.29, 1.82) is 0 Å². The second-order valence-electron chi connectivity index (χ2n) is 5.96. The topological polar surface area (TPSA) is 41.6 Å². The van der Waals surface area contributed by atoms with E-state index in [-0.39, 0.29) is 12.5 Å². The summed E-state index contributed by atoms with van der Waals surface area (Å²) in [6, 6.07) is 8.31. The number of carbonyl (C=O) groups excluding carboxylic acids is 1. The first-order valence-electron chi connectivity index (χ1n) is 7.78. The van der Waals surface area contributed by atoms with Gasteiger partial charge in [0.1, 0.15) is 5.75 Å². The number of nitrogens with one attached hydrogen (secondary N) is 1. The highest BCUT2D eigenvalue weighted by molar-refractivity contribution is 5.78. The summed E-state index contributed by atoms with van der Waals surface area (Å²) in [6.45, 7) is 6.13. The molecule has 1 aromatic carbocycles. The fourth-order valence-corrected chi connectivity index (χ4v) is 2.80. The van der Waals surface area contributed by atoms with Crippen LogP contribution in [0.2, 0.25) is 0 Å². The van der Waals surface area contributed by atoms with Crippen LogP contribution in [0.3, 0.4) is 0 Å². The number of likely N-dealkylation sites (tertiary alicyclic amines) is 1. The molecule has 1 N–H and O–H groups in total. The summed E-state index contributed by atoms with van der Waals surface area (Å²) >= 11 is 0. The second-order valence-corrected chi connectivity index (χ2v) is 5.96. The molecule has 1 aromatic rings. The lowest BCUT2D eigenvalue weighted by molar-refractivity contribution is -0.134. The highest BCUT2D eigenvalue weighted by atomic mass is 16.5. The van der Waals surface area contributed by atoms with Crippen LogP contribution in [-0.2, 0) is 4.79 Å². The number of likely N-dealkylation sites (N-methyl/N-ethyl adjacent to an activating group) is 1. The number of rotatable bonds is 6. The third-order valence-corrected chi connectivity index (χ3v) is 4.02. The SMILES string of the molecule is CNCC1CCCN1C(=O)COc1cccc(C(C)C)c1. The van der Waals surface area contributed by atoms with E-state index in [2.05, 4.69) is 25.2 Å². The number of amides is 1. The number of hydrogen-bond acceptors (Lipinski definition) is 3. The van der Waals surface area contributed by atoms with Crippen molar-refractivity contribution in [3.8, 4) is 5.75 Å². The molecule has 116 valence electrons. The minimum absolute atomic E-state index is 0.0858. The van der Waals surface area contributed by atoms with Gasteiger partial charge in [0, 0.05) is 19.1 Å². The average Bonchev–Trinajstić information content (AvgIpc) is 2.94. The Bertz CT molecular complexity index is 474. The molecule has 4 nitrogen and oxygen atoms in total. The molecule has 0 aromatic heterocycles. The van der Waals surface area contributed by atoms with Gasteiger partial charge >= 0.3 is 0 Å². The molecule has 1 heterocycles. The predicted octanol–water partition coefficient (Wildman–Crippen LogP) is 2.40. The van der Waals surface area contributed by atoms with Crippen molar-refractivity contribution in [2.45, 2.75) is 38.6 Å². The van der Waals surface area contributed by atoms with Gasteiger partial charge < -0.3 is 15.0 Å². The Labute approximate surface area is 127 Å². The standard InChI is InChI=1S/C17H26N2O2/c1-13(2)14-6-4-8-16(10-14)21-12-17(20)19-9-5-7-15(19)11-18-3/h4,6,8,10,13,15,18H,5,7,9,11-12H2,1-3H3. The zero-order chi connectivity index (χ0) is 15.2. The largest absolute Gasteiger partial charge is 0.484 e. The maximum atomic E-state index is 12.3. The van der Waals surface area contributed by atoms with E-state index in [9.17, 15) is 4.79 Å². The monoisotopic (exact) mass is 290 g/mol. The molecule has 0 bridgehead atoms. The summed E-state index contributed by atoms with van der Waals surface area (Å²) in [5.74, 6) is 1.32. The van der Waals surface area contributed by atoms with Crippen molar-refractivity contribution in [2.75, 3.05) is 26.7 Å². The van der Waals surface area contributed by atoms with Crippen molar-refractivity contribution >= 4 is 5.91 Å². The van der Waals surface area contributed by atoms with Gasteiger partial charge in [0.05, 0.1) is 0 Å². The number of carbonyl (C=O) groups is 1. The molecule has 0 aliphatic carbocycles. The number of nitrogens with zero attached hydrogens (tertiary/aromatic N) is 1. The van der Waals surface area contributed by atoms with Crippen LogP contribution < -0.4 is 10.1 Å². The smallest absolute Gasteiger partial charge is 0.260 e. The summed E-state index contributed by atoms with van der Waals surface area (Å²) < 4.78 is 5.69. The molecule has 0 saturated carbocycles. The molecule has 4 heteroatoms. The van der Waals surface area contributed by atoms with E-state index in [1.165, 1.54) is 5.56 Å². The number of ether oxygens (including phenoxy) is 1. The molecular weight excluding hydrogens is 264 g/mol. The van der Waals surface area contributed by atoms with Gasteiger partial charge in [-0.25, -0.2) is 0 Å². The molecule has 1 aliphatic heterocycles. The van der Waals surface area contributed by atoms with Gasteiger partial charge in [0.25, 0.3) is 5.91 Å². The minimum atomic E-state index is 0.0858. The van der Waals surface area contributed by atoms with Crippen molar-refractivity contribution in [3.63, 3.8) is 0 Å². The van der Waals surface area contributed by atoms with Crippen LogP contribution in [-0.4, -0.2) is 43.6 Å². The van der Waals surface area contributed by atoms with E-state index in [1.807, 2.05) is 30.1 Å². The lowest BCUT2D eigenvalue weighted by atomic mass is 10.0. The van der Waals surface area contributed by atoms with Crippen LogP contribution in [0, 0.1) is 0 Å². The molecule has 1 fully saturated rings. The van der Waals surface area contributed by atoms with Crippen LogP contribution in [0.1, 0.15) is 38.2 Å². The van der Waals surface area contributed by atoms with Gasteiger partial charge in [-0.15, -0.1) is 0 Å². The van der Waals surface area contributed by atoms with Crippen LogP contribution in [0.15, 0.2) is 24.3 Å². The van der Waals surface area contributed by atoms with Gasteiger partial charge in [-0.2, -0.15) is 0 Å². The molecule has 0 spiro atoms. The van der Waals surface area contributed by atoms with Gasteiger partial charge in [-0.1, -0.05) is 26.0 Å². The maximum absolute atomic E-state index is 12.3. The van der Waals surface area contributed by atoms with Crippen molar-refractivity contribution in [1.82, 2.24) is 10.2 Å². The summed E-state index contributed by atoms with van der Waals surface area (Å²) in [6.07, 6.45) is 2.16. The third-order valence-electron chi connectivity index (χ3n) is 4.02. The Morgan fingerprint density at radius 3 is 3.00 bits per heavy atom. The molecule has 1 saturated heterocycles. The Morgan fingerprint density at radius 1 is 1.48 bits per heavy atom. The van der Waals surface area contributed by atoms with Gasteiger partial charge in [0.2, 0.25) is 0 Å². The molecule has 0 radical (unpaired) electrons. The van der Waals surface area contributed by atoms with Crippen molar-refractivity contribution in [3.05, 3.63) is 29.8 Å². The van der Waals surface area contributed by atoms with Crippen molar-refractivity contribution in [2.24, 2.45) is 0 Å². The zero-order valence-corrected chi connectivity index (χ0v) is 13.3. The van der Waals surface area contributed by atoms with Gasteiger partial charge in [0.15, 0.2) is 6.61 Å². The first-order valence-corrected chi connectivity index (χ1v) is 7.78. The molecule has 21 heavy (non-hydrogen) atoms. The molecule has 2 rings (SSSR count). The molecule has 1 unspecified atom stereocenters. The molecule has 1 atom stereocenters. The lowest BCUT2D eigenvalue weighted by Gasteiger charge is -2.24. The normalized spacial score (nSPS) is 18.3. The Morgan fingerprint density at radius 2 is 2.29 bits per heavy atom. The van der Waals surface area contributed by atoms with E-state index in [1.54, 1.807) is 0 Å². The second kappa shape index (κ2) is 7.46. The van der Waals surface area contributed by atoms with E-state index in [0.29, 0.717) is 12.0 Å². The Balaban J connectivity index is 1.90. The number of hydrogen-bond donors (Lipinski definition) is 1. The van der Waals surface area contributed by atoms with Crippen LogP contribution in [0.25, 0.3) is 0 Å². The van der Waals surface area contributed by atoms with Crippen LogP contribution >= 0.6 is 0 Å². The number of benzene rings is 1. The zero-order valence-electron chi connectivity index (χ0n) is 13.3. The predicted molar refractivity (Wildman–Crippen MR) is 84.7 cm³/mol. The summed E-state index contributed by atoms with van der Waals surface area (Å²) in [7, 11) is 1.93. The Hall–Kier alpha value is -1.55. The molecule has 1 aliphatic rings. The first kappa shape index (κ1) is 15.8. The van der Waals surface area contributed by atoms with Gasteiger partial charge in [-0.3, -0.25) is 4.79 Å². The minimum Gasteiger partial charge on any atom is -0.484 e. The van der Waals surface area contributed by atoms with Gasteiger partial charge in [-0.05, 0) is 43.5 Å². The maximum Gasteiger partial charge on any atom is 0.260 e. The molecule has 1 amide bonds. The van der Waals surface area contributed by atoms with E-state index >= 15 is 0 Å². The summed E-state index contributed by atoms with van der Waals surface area (Å²) in [5, 5.41) is 3.15. The van der Waals surface area contributed by atoms with Crippen LogP contribution in [0.5, 0.6) is 5.75 Å². The summed E-state index contributed by atoms with van der Waals surface area (Å²) in [5.41, 5.74) is 1.23. The fraction of sp³-hybridized carbons (Fsp3) is 0.588. The highest BCUT2D eigenvalue weighted by Gasteiger charge is 2.28. The quantitative estimate of drug-likeness (QED) is 0.874. The average molecular weight is 290 g/mol. The summed E-state index contributed by atoms with van der Waals surface area (Å²) in [4.78, 5) is 14.2. The third kappa shape index (κ3) is 4.21. The Kier molecular flexibility index (Phi) is 5.62. The van der Waals surface area contributed by atoms with E-state index < -0.39 is 0 Å². The first-order chi connectivity index (χ1) is 10.1. The molecular formula is C17H26N2O2. The van der Waals surface area contributed by atoms with Crippen molar-refractivity contribution < 1.29 is 9.53 Å². The van der Waals surface area contributed by atoms with Crippen LogP contribution in [0.4, 0.5) is 0 Å².